The van der Waals surface area contributed by atoms with Gasteiger partial charge in [-0.15, -0.1) is 0 Å². The summed E-state index contributed by atoms with van der Waals surface area (Å²) in [5.41, 5.74) is -0.249. The van der Waals surface area contributed by atoms with Gasteiger partial charge in [-0.3, -0.25) is 14.4 Å². The number of hydrogen-bond acceptors (Lipinski definition) is 5. The molecule has 2 aliphatic carbocycles. The van der Waals surface area contributed by atoms with Gasteiger partial charge >= 0.3 is 0 Å². The highest BCUT2D eigenvalue weighted by Crippen LogP contribution is 2.57. The minimum absolute atomic E-state index is 0.0603. The SMILES string of the molecule is CC[C@H]1C[C@@H]2C[C@H]3/C=C/C=C/C(=O)NCCCC4NC(=O)/C(=C(O)/C=C/C=C/[C@@H](O)[C@H]3[C@@H]2[C@H]1C)C4=O. The van der Waals surface area contributed by atoms with E-state index in [0.717, 1.165) is 12.8 Å². The number of carbonyl (C=O) groups is 3. The zero-order valence-electron chi connectivity index (χ0n) is 21.1. The summed E-state index contributed by atoms with van der Waals surface area (Å²) in [6.07, 6.45) is 17.1. The summed E-state index contributed by atoms with van der Waals surface area (Å²) < 4.78 is 0. The molecule has 4 N–H and O–H groups in total. The van der Waals surface area contributed by atoms with E-state index in [1.165, 1.54) is 18.6 Å². The summed E-state index contributed by atoms with van der Waals surface area (Å²) in [5, 5.41) is 27.0. The van der Waals surface area contributed by atoms with Gasteiger partial charge in [-0.1, -0.05) is 56.7 Å². The number of aliphatic hydroxyl groups excluding tert-OH is 2. The molecule has 1 saturated heterocycles. The molecule has 2 aliphatic heterocycles. The second kappa shape index (κ2) is 11.4. The molecule has 7 heteroatoms. The molecule has 0 radical (unpaired) electrons. The van der Waals surface area contributed by atoms with Crippen molar-refractivity contribution in [3.8, 4) is 0 Å². The molecular weight excluding hydrogens is 456 g/mol. The molecule has 2 amide bonds. The minimum Gasteiger partial charge on any atom is -0.507 e. The van der Waals surface area contributed by atoms with E-state index in [0.29, 0.717) is 43.1 Å². The fraction of sp³-hybridized carbons (Fsp3) is 0.552. The van der Waals surface area contributed by atoms with E-state index in [4.69, 9.17) is 0 Å². The quantitative estimate of drug-likeness (QED) is 0.418. The van der Waals surface area contributed by atoms with E-state index in [1.807, 2.05) is 6.08 Å². The Kier molecular flexibility index (Phi) is 8.29. The number of carbonyl (C=O) groups excluding carboxylic acids is 3. The van der Waals surface area contributed by atoms with Gasteiger partial charge in [0.05, 0.1) is 12.1 Å². The van der Waals surface area contributed by atoms with E-state index < -0.39 is 23.8 Å². The van der Waals surface area contributed by atoms with Crippen molar-refractivity contribution in [2.24, 2.45) is 35.5 Å². The second-order valence-electron chi connectivity index (χ2n) is 10.6. The molecule has 4 aliphatic rings. The number of fused-ring (bicyclic) bond motifs is 5. The van der Waals surface area contributed by atoms with Crippen LogP contribution in [-0.2, 0) is 14.4 Å². The molecule has 0 aromatic heterocycles. The molecule has 194 valence electrons. The topological polar surface area (TPSA) is 116 Å². The average molecular weight is 495 g/mol. The molecule has 8 atom stereocenters. The lowest BCUT2D eigenvalue weighted by Crippen LogP contribution is -2.31. The zero-order valence-corrected chi connectivity index (χ0v) is 21.1. The van der Waals surface area contributed by atoms with Gasteiger partial charge < -0.3 is 20.8 Å². The minimum atomic E-state index is -0.714. The van der Waals surface area contributed by atoms with Crippen molar-refractivity contribution in [1.82, 2.24) is 10.6 Å². The molecule has 2 bridgehead atoms. The van der Waals surface area contributed by atoms with Crippen molar-refractivity contribution in [3.05, 3.63) is 59.9 Å². The summed E-state index contributed by atoms with van der Waals surface area (Å²) >= 11 is 0. The highest BCUT2D eigenvalue weighted by Gasteiger charge is 2.52. The van der Waals surface area contributed by atoms with Crippen LogP contribution in [0.25, 0.3) is 0 Å². The summed E-state index contributed by atoms with van der Waals surface area (Å²) in [5.74, 6) is 0.815. The van der Waals surface area contributed by atoms with Gasteiger partial charge in [0.25, 0.3) is 5.91 Å². The van der Waals surface area contributed by atoms with Crippen molar-refractivity contribution in [3.63, 3.8) is 0 Å². The van der Waals surface area contributed by atoms with Gasteiger partial charge in [0.2, 0.25) is 5.91 Å². The van der Waals surface area contributed by atoms with Crippen LogP contribution in [0.2, 0.25) is 0 Å². The van der Waals surface area contributed by atoms with E-state index >= 15 is 0 Å². The first kappa shape index (κ1) is 26.1. The van der Waals surface area contributed by atoms with Gasteiger partial charge in [-0.05, 0) is 67.3 Å². The third kappa shape index (κ3) is 5.41. The van der Waals surface area contributed by atoms with Gasteiger partial charge in [0, 0.05) is 12.6 Å². The van der Waals surface area contributed by atoms with Gasteiger partial charge in [0.1, 0.15) is 11.3 Å². The van der Waals surface area contributed by atoms with Crippen LogP contribution >= 0.6 is 0 Å². The van der Waals surface area contributed by atoms with Crippen molar-refractivity contribution < 1.29 is 24.6 Å². The van der Waals surface area contributed by atoms with Gasteiger partial charge in [-0.2, -0.15) is 0 Å². The van der Waals surface area contributed by atoms with E-state index in [1.54, 1.807) is 24.3 Å². The molecule has 4 rings (SSSR count). The molecule has 36 heavy (non-hydrogen) atoms. The van der Waals surface area contributed by atoms with Crippen molar-refractivity contribution in [2.75, 3.05) is 6.54 Å². The Hall–Kier alpha value is -2.93. The van der Waals surface area contributed by atoms with Crippen molar-refractivity contribution >= 4 is 17.6 Å². The summed E-state index contributed by atoms with van der Waals surface area (Å²) in [6, 6.07) is -0.714. The van der Waals surface area contributed by atoms with E-state index in [2.05, 4.69) is 30.6 Å². The number of allylic oxidation sites excluding steroid dienone is 6. The van der Waals surface area contributed by atoms with E-state index in [-0.39, 0.29) is 29.1 Å². The lowest BCUT2D eigenvalue weighted by molar-refractivity contribution is -0.118. The van der Waals surface area contributed by atoms with Gasteiger partial charge in [0.15, 0.2) is 5.78 Å². The lowest BCUT2D eigenvalue weighted by atomic mass is 9.76. The largest absolute Gasteiger partial charge is 0.507 e. The molecule has 3 fully saturated rings. The summed E-state index contributed by atoms with van der Waals surface area (Å²) in [7, 11) is 0. The first-order valence-electron chi connectivity index (χ1n) is 13.3. The number of aliphatic hydroxyl groups is 2. The Balaban J connectivity index is 1.60. The molecular formula is C29H38N2O5. The number of Topliss-reactive ketones (excluding diaryl/α,β-unsaturated/α-hetero) is 1. The third-order valence-corrected chi connectivity index (χ3v) is 8.64. The molecule has 0 aromatic rings. The highest BCUT2D eigenvalue weighted by atomic mass is 16.3. The van der Waals surface area contributed by atoms with Crippen LogP contribution in [0.4, 0.5) is 0 Å². The Morgan fingerprint density at radius 2 is 1.75 bits per heavy atom. The maximum absolute atomic E-state index is 12.6. The van der Waals surface area contributed by atoms with Gasteiger partial charge in [-0.25, -0.2) is 0 Å². The van der Waals surface area contributed by atoms with Crippen LogP contribution in [0.15, 0.2) is 59.9 Å². The first-order valence-corrected chi connectivity index (χ1v) is 13.3. The van der Waals surface area contributed by atoms with Crippen LogP contribution in [-0.4, -0.2) is 46.5 Å². The maximum Gasteiger partial charge on any atom is 0.259 e. The Bertz CT molecular complexity index is 1020. The third-order valence-electron chi connectivity index (χ3n) is 8.64. The lowest BCUT2D eigenvalue weighted by Gasteiger charge is -2.30. The fourth-order valence-electron chi connectivity index (χ4n) is 6.93. The molecule has 2 heterocycles. The zero-order chi connectivity index (χ0) is 25.8. The average Bonchev–Trinajstić information content (AvgIpc) is 3.45. The van der Waals surface area contributed by atoms with Crippen molar-refractivity contribution in [2.45, 2.75) is 58.1 Å². The number of hydrogen-bond donors (Lipinski definition) is 4. The number of ketones is 1. The predicted molar refractivity (Wildman–Crippen MR) is 138 cm³/mol. The Morgan fingerprint density at radius 1 is 1.00 bits per heavy atom. The molecule has 7 nitrogen and oxygen atoms in total. The number of nitrogens with one attached hydrogen (secondary N) is 2. The fourth-order valence-corrected chi connectivity index (χ4v) is 6.93. The summed E-state index contributed by atoms with van der Waals surface area (Å²) in [6.45, 7) is 4.92. The van der Waals surface area contributed by atoms with Crippen LogP contribution < -0.4 is 10.6 Å². The van der Waals surface area contributed by atoms with Crippen molar-refractivity contribution in [1.29, 1.82) is 0 Å². The van der Waals surface area contributed by atoms with Crippen LogP contribution in [0.5, 0.6) is 0 Å². The Morgan fingerprint density at radius 3 is 2.53 bits per heavy atom. The Labute approximate surface area is 213 Å². The normalized spacial score (nSPS) is 43.1. The molecule has 0 aromatic carbocycles. The monoisotopic (exact) mass is 494 g/mol. The molecule has 1 unspecified atom stereocenters. The standard InChI is InChI=1S/C29H38N2O5/c1-3-18-15-20-16-19-9-4-7-13-24(34)30-14-8-10-21-28(35)27(29(36)31-21)23(33)12-6-5-11-22(32)26(19)25(20)17(18)2/h4-7,9,11-13,17-22,25-26,32-33H,3,8,10,14-16H2,1-2H3,(H,30,34)(H,31,36)/b9-4+,11-5+,12-6+,13-7+,27-23-/t17-,18-,19+,20+,21?,22+,25+,26-/m0/s1. The maximum atomic E-state index is 12.6. The van der Waals surface area contributed by atoms with E-state index in [9.17, 15) is 24.6 Å². The van der Waals surface area contributed by atoms with Crippen LogP contribution in [0, 0.1) is 35.5 Å². The first-order chi connectivity index (χ1) is 17.3. The summed E-state index contributed by atoms with van der Waals surface area (Å²) in [4.78, 5) is 37.1. The predicted octanol–water partition coefficient (Wildman–Crippen LogP) is 3.30. The smallest absolute Gasteiger partial charge is 0.259 e. The number of amides is 2. The highest BCUT2D eigenvalue weighted by molar-refractivity contribution is 6.27. The number of rotatable bonds is 1. The molecule has 2 saturated carbocycles. The van der Waals surface area contributed by atoms with Crippen LogP contribution in [0.1, 0.15) is 46.0 Å². The molecule has 0 spiro atoms. The second-order valence-corrected chi connectivity index (χ2v) is 10.6. The van der Waals surface area contributed by atoms with Crippen LogP contribution in [0.3, 0.4) is 0 Å².